The standard InChI is InChI=1S/C22H31NO4/c1-4-6-21-23-14(3)20(27-21)11-12-26-16-8-10-18-15(13-16)7-9-19(18)17(5-2)22(24)25/h8,10,13,17,19,22,24-25H,4-7,9,11-12H2,1-3H3. The van der Waals surface area contributed by atoms with Crippen LogP contribution in [0.4, 0.5) is 0 Å². The molecular weight excluding hydrogens is 342 g/mol. The van der Waals surface area contributed by atoms with E-state index in [9.17, 15) is 10.2 Å². The fraction of sp³-hybridized carbons (Fsp3) is 0.591. The van der Waals surface area contributed by atoms with E-state index in [1.54, 1.807) is 0 Å². The molecule has 5 heteroatoms. The number of rotatable bonds is 9. The van der Waals surface area contributed by atoms with Crippen molar-refractivity contribution in [3.63, 3.8) is 0 Å². The minimum absolute atomic E-state index is 0.107. The first kappa shape index (κ1) is 19.9. The first-order chi connectivity index (χ1) is 13.0. The molecular formula is C22H31NO4. The highest BCUT2D eigenvalue weighted by Gasteiger charge is 2.32. The van der Waals surface area contributed by atoms with Crippen molar-refractivity contribution in [3.8, 4) is 5.75 Å². The highest BCUT2D eigenvalue weighted by molar-refractivity contribution is 5.41. The Hall–Kier alpha value is -1.85. The Balaban J connectivity index is 1.60. The number of benzene rings is 1. The lowest BCUT2D eigenvalue weighted by Crippen LogP contribution is -2.24. The van der Waals surface area contributed by atoms with Gasteiger partial charge in [0.1, 0.15) is 11.5 Å². The first-order valence-electron chi connectivity index (χ1n) is 10.1. The monoisotopic (exact) mass is 373 g/mol. The SMILES string of the molecule is CCCc1nc(C)c(CCOc2ccc3c(c2)CCC3C(CC)C(O)O)o1. The molecule has 2 aromatic rings. The van der Waals surface area contributed by atoms with Crippen molar-refractivity contribution in [1.29, 1.82) is 0 Å². The maximum Gasteiger partial charge on any atom is 0.194 e. The average molecular weight is 373 g/mol. The molecule has 1 aromatic heterocycles. The number of aryl methyl sites for hydroxylation is 3. The van der Waals surface area contributed by atoms with E-state index in [0.717, 1.165) is 55.2 Å². The Bertz CT molecular complexity index is 753. The van der Waals surface area contributed by atoms with Crippen LogP contribution in [0.1, 0.15) is 67.5 Å². The Morgan fingerprint density at radius 1 is 1.26 bits per heavy atom. The van der Waals surface area contributed by atoms with Crippen LogP contribution in [0.5, 0.6) is 5.75 Å². The normalized spacial score (nSPS) is 17.3. The van der Waals surface area contributed by atoms with E-state index < -0.39 is 6.29 Å². The third kappa shape index (κ3) is 4.53. The van der Waals surface area contributed by atoms with Gasteiger partial charge in [-0.05, 0) is 61.8 Å². The van der Waals surface area contributed by atoms with E-state index in [1.807, 2.05) is 19.9 Å². The van der Waals surface area contributed by atoms with E-state index >= 15 is 0 Å². The van der Waals surface area contributed by atoms with Crippen molar-refractivity contribution in [2.75, 3.05) is 6.61 Å². The fourth-order valence-corrected chi connectivity index (χ4v) is 4.17. The Kier molecular flexibility index (Phi) is 6.55. The molecule has 2 atom stereocenters. The Morgan fingerprint density at radius 2 is 2.07 bits per heavy atom. The van der Waals surface area contributed by atoms with Crippen LogP contribution in [-0.2, 0) is 19.3 Å². The number of nitrogens with zero attached hydrogens (tertiary/aromatic N) is 1. The lowest BCUT2D eigenvalue weighted by molar-refractivity contribution is -0.0920. The molecule has 0 bridgehead atoms. The molecule has 27 heavy (non-hydrogen) atoms. The van der Waals surface area contributed by atoms with E-state index in [2.05, 4.69) is 24.0 Å². The van der Waals surface area contributed by atoms with Crippen LogP contribution in [0.25, 0.3) is 0 Å². The number of aromatic nitrogens is 1. The van der Waals surface area contributed by atoms with Gasteiger partial charge < -0.3 is 19.4 Å². The summed E-state index contributed by atoms with van der Waals surface area (Å²) < 4.78 is 11.7. The number of aliphatic hydroxyl groups is 2. The minimum Gasteiger partial charge on any atom is -0.493 e. The fourth-order valence-electron chi connectivity index (χ4n) is 4.17. The molecule has 1 aliphatic carbocycles. The summed E-state index contributed by atoms with van der Waals surface area (Å²) in [6.07, 6.45) is 4.03. The van der Waals surface area contributed by atoms with Crippen molar-refractivity contribution >= 4 is 0 Å². The molecule has 2 unspecified atom stereocenters. The second-order valence-electron chi connectivity index (χ2n) is 7.46. The predicted molar refractivity (Wildman–Crippen MR) is 104 cm³/mol. The first-order valence-corrected chi connectivity index (χ1v) is 10.1. The molecule has 0 amide bonds. The van der Waals surface area contributed by atoms with Crippen LogP contribution in [-0.4, -0.2) is 28.1 Å². The summed E-state index contributed by atoms with van der Waals surface area (Å²) in [7, 11) is 0. The largest absolute Gasteiger partial charge is 0.493 e. The summed E-state index contributed by atoms with van der Waals surface area (Å²) in [6, 6.07) is 6.18. The van der Waals surface area contributed by atoms with Crippen molar-refractivity contribution in [2.24, 2.45) is 5.92 Å². The topological polar surface area (TPSA) is 75.7 Å². The zero-order chi connectivity index (χ0) is 19.4. The smallest absolute Gasteiger partial charge is 0.194 e. The second-order valence-corrected chi connectivity index (χ2v) is 7.46. The van der Waals surface area contributed by atoms with Crippen LogP contribution >= 0.6 is 0 Å². The van der Waals surface area contributed by atoms with Crippen LogP contribution in [0.15, 0.2) is 22.6 Å². The zero-order valence-electron chi connectivity index (χ0n) is 16.6. The van der Waals surface area contributed by atoms with Crippen molar-refractivity contribution in [3.05, 3.63) is 46.7 Å². The highest BCUT2D eigenvalue weighted by Crippen LogP contribution is 2.41. The van der Waals surface area contributed by atoms with Crippen LogP contribution < -0.4 is 4.74 Å². The minimum atomic E-state index is -1.26. The summed E-state index contributed by atoms with van der Waals surface area (Å²) >= 11 is 0. The van der Waals surface area contributed by atoms with Crippen LogP contribution in [0, 0.1) is 12.8 Å². The van der Waals surface area contributed by atoms with E-state index in [4.69, 9.17) is 9.15 Å². The summed E-state index contributed by atoms with van der Waals surface area (Å²) in [5, 5.41) is 19.3. The molecule has 3 rings (SSSR count). The Morgan fingerprint density at radius 3 is 2.78 bits per heavy atom. The van der Waals surface area contributed by atoms with E-state index in [0.29, 0.717) is 13.0 Å². The van der Waals surface area contributed by atoms with Gasteiger partial charge in [0.15, 0.2) is 12.2 Å². The summed E-state index contributed by atoms with van der Waals surface area (Å²) in [5.41, 5.74) is 3.45. The van der Waals surface area contributed by atoms with E-state index in [1.165, 1.54) is 11.1 Å². The molecule has 0 saturated heterocycles. The molecule has 1 heterocycles. The molecule has 0 spiro atoms. The molecule has 0 fully saturated rings. The number of aliphatic hydroxyl groups excluding tert-OH is 1. The van der Waals surface area contributed by atoms with Crippen LogP contribution in [0.2, 0.25) is 0 Å². The predicted octanol–water partition coefficient (Wildman–Crippen LogP) is 3.92. The Labute approximate surface area is 161 Å². The molecule has 148 valence electrons. The second kappa shape index (κ2) is 8.89. The van der Waals surface area contributed by atoms with Gasteiger partial charge in [0.2, 0.25) is 0 Å². The summed E-state index contributed by atoms with van der Waals surface area (Å²) in [6.45, 7) is 6.66. The lowest BCUT2D eigenvalue weighted by atomic mass is 9.85. The highest BCUT2D eigenvalue weighted by atomic mass is 16.5. The number of oxazole rings is 1. The van der Waals surface area contributed by atoms with Crippen molar-refractivity contribution in [2.45, 2.75) is 71.5 Å². The van der Waals surface area contributed by atoms with Gasteiger partial charge in [0, 0.05) is 18.8 Å². The third-order valence-electron chi connectivity index (χ3n) is 5.61. The number of ether oxygens (including phenoxy) is 1. The third-order valence-corrected chi connectivity index (χ3v) is 5.61. The quantitative estimate of drug-likeness (QED) is 0.652. The maximum absolute atomic E-state index is 9.65. The molecule has 0 saturated carbocycles. The van der Waals surface area contributed by atoms with Gasteiger partial charge in [-0.25, -0.2) is 4.98 Å². The molecule has 2 N–H and O–H groups in total. The van der Waals surface area contributed by atoms with Gasteiger partial charge in [-0.2, -0.15) is 0 Å². The molecule has 1 aromatic carbocycles. The van der Waals surface area contributed by atoms with E-state index in [-0.39, 0.29) is 11.8 Å². The molecule has 5 nitrogen and oxygen atoms in total. The molecule has 0 aliphatic heterocycles. The van der Waals surface area contributed by atoms with Gasteiger partial charge in [-0.15, -0.1) is 0 Å². The summed E-state index contributed by atoms with van der Waals surface area (Å²) in [4.78, 5) is 4.46. The molecule has 0 radical (unpaired) electrons. The van der Waals surface area contributed by atoms with Gasteiger partial charge in [-0.1, -0.05) is 19.9 Å². The van der Waals surface area contributed by atoms with Crippen molar-refractivity contribution in [1.82, 2.24) is 4.98 Å². The van der Waals surface area contributed by atoms with Gasteiger partial charge >= 0.3 is 0 Å². The van der Waals surface area contributed by atoms with Gasteiger partial charge in [0.05, 0.1) is 12.3 Å². The van der Waals surface area contributed by atoms with Crippen molar-refractivity contribution < 1.29 is 19.4 Å². The number of fused-ring (bicyclic) bond motifs is 1. The number of hydrogen-bond donors (Lipinski definition) is 2. The maximum atomic E-state index is 9.65. The van der Waals surface area contributed by atoms with Gasteiger partial charge in [-0.3, -0.25) is 0 Å². The average Bonchev–Trinajstić information content (AvgIpc) is 3.19. The number of hydrogen-bond acceptors (Lipinski definition) is 5. The molecule has 1 aliphatic rings. The summed E-state index contributed by atoms with van der Waals surface area (Å²) in [5.74, 6) is 2.68. The zero-order valence-corrected chi connectivity index (χ0v) is 16.6. The van der Waals surface area contributed by atoms with Gasteiger partial charge in [0.25, 0.3) is 0 Å². The van der Waals surface area contributed by atoms with Crippen LogP contribution in [0.3, 0.4) is 0 Å². The lowest BCUT2D eigenvalue weighted by Gasteiger charge is -2.24.